The zero-order valence-corrected chi connectivity index (χ0v) is 38.8. The molecule has 7 nitrogen and oxygen atoms in total. The average Bonchev–Trinajstić information content (AvgIpc) is 3.58. The largest absolute Gasteiger partial charge is 0.381 e. The Morgan fingerprint density at radius 1 is 0.473 bits per heavy atom. The second-order valence-corrected chi connectivity index (χ2v) is 22.5. The molecule has 328 valence electrons. The van der Waals surface area contributed by atoms with E-state index < -0.39 is 9.84 Å². The summed E-state index contributed by atoms with van der Waals surface area (Å²) in [6, 6.07) is 0. The standard InChI is InChI=1S/C6H13N.C6H12O.C6H10.C6H12.C5H11N.C5H10O2S.C5H10O.C4H8O.C4H8/c2*1-6-2-4-7-5-3-6;1-6-2-5(3-6)4-6;1-6-4-2-3-5-6;1-5-2-3-6-4-5;1-5-2-3-8(6,7)4-5;1-5-2-3-6-4-5;1-4-2-5-3-4;1-4-2-3-4/h6-7H,2-5H2,1H3;6H,2-5H2,1H3;5H,2-4H2,1H3;6H,2-5H2,1H3;5-6H,2-4H2,1H3;5H,2-4H2,1H3;5H,2-4H2,1H3;4H,2-3H2,1H3;4H,2-3H2,1H3. The van der Waals surface area contributed by atoms with Gasteiger partial charge in [-0.15, -0.1) is 0 Å². The molecule has 11 aliphatic rings. The zero-order chi connectivity index (χ0) is 40.5. The van der Waals surface area contributed by atoms with Gasteiger partial charge in [-0.1, -0.05) is 101 Å². The van der Waals surface area contributed by atoms with E-state index in [2.05, 4.69) is 66.0 Å². The van der Waals surface area contributed by atoms with Gasteiger partial charge in [0, 0.05) is 32.3 Å². The summed E-state index contributed by atoms with van der Waals surface area (Å²) >= 11 is 0. The molecule has 0 radical (unpaired) electrons. The molecule has 2 N–H and O–H groups in total. The molecule has 55 heavy (non-hydrogen) atoms. The second kappa shape index (κ2) is 29.1. The number of ether oxygens (including phenoxy) is 3. The fourth-order valence-corrected chi connectivity index (χ4v) is 9.74. The summed E-state index contributed by atoms with van der Waals surface area (Å²) in [4.78, 5) is 0. The number of nitrogens with one attached hydrogen (secondary N) is 2. The van der Waals surface area contributed by atoms with Crippen LogP contribution < -0.4 is 10.6 Å². The van der Waals surface area contributed by atoms with Gasteiger partial charge in [0.05, 0.1) is 24.7 Å². The van der Waals surface area contributed by atoms with Gasteiger partial charge >= 0.3 is 0 Å². The van der Waals surface area contributed by atoms with Gasteiger partial charge in [0.1, 0.15) is 0 Å². The summed E-state index contributed by atoms with van der Waals surface area (Å²) in [5, 5.41) is 6.59. The minimum absolute atomic E-state index is 0.403. The van der Waals surface area contributed by atoms with Gasteiger partial charge in [-0.3, -0.25) is 0 Å². The zero-order valence-electron chi connectivity index (χ0n) is 37.9. The van der Waals surface area contributed by atoms with E-state index in [4.69, 9.17) is 14.2 Å². The third kappa shape index (κ3) is 28.0. The Balaban J connectivity index is 0.000000215. The monoisotopic (exact) mass is 799 g/mol. The van der Waals surface area contributed by atoms with Gasteiger partial charge in [0.25, 0.3) is 0 Å². The summed E-state index contributed by atoms with van der Waals surface area (Å²) in [5.41, 5.74) is 0.866. The lowest BCUT2D eigenvalue weighted by Crippen LogP contribution is -2.48. The van der Waals surface area contributed by atoms with Gasteiger partial charge in [-0.25, -0.2) is 8.42 Å². The van der Waals surface area contributed by atoms with Crippen molar-refractivity contribution in [3.05, 3.63) is 0 Å². The maximum Gasteiger partial charge on any atom is 0.150 e. The van der Waals surface area contributed by atoms with Crippen LogP contribution >= 0.6 is 0 Å². The van der Waals surface area contributed by atoms with Crippen LogP contribution in [0.15, 0.2) is 0 Å². The first-order valence-electron chi connectivity index (χ1n) is 23.5. The highest BCUT2D eigenvalue weighted by atomic mass is 32.2. The van der Waals surface area contributed by atoms with Crippen molar-refractivity contribution >= 4 is 9.84 Å². The molecule has 0 amide bonds. The number of rotatable bonds is 0. The number of sulfone groups is 1. The van der Waals surface area contributed by atoms with Crippen molar-refractivity contribution in [2.75, 3.05) is 77.3 Å². The maximum atomic E-state index is 10.6. The molecule has 0 aromatic heterocycles. The molecular formula is C47H94N2O5S. The molecule has 6 heterocycles. The summed E-state index contributed by atoms with van der Waals surface area (Å²) < 4.78 is 36.3. The fourth-order valence-electron chi connectivity index (χ4n) is 7.78. The molecule has 8 heteroatoms. The number of hydrogen-bond donors (Lipinski definition) is 2. The second-order valence-electron chi connectivity index (χ2n) is 20.3. The first-order valence-corrected chi connectivity index (χ1v) is 25.3. The number of piperidine rings is 1. The third-order valence-corrected chi connectivity index (χ3v) is 14.7. The van der Waals surface area contributed by atoms with Gasteiger partial charge in [0.15, 0.2) is 9.84 Å². The molecule has 0 aromatic rings. The van der Waals surface area contributed by atoms with Crippen molar-refractivity contribution in [3.63, 3.8) is 0 Å². The Hall–Kier alpha value is -0.250. The predicted molar refractivity (Wildman–Crippen MR) is 236 cm³/mol. The van der Waals surface area contributed by atoms with E-state index in [0.29, 0.717) is 17.4 Å². The van der Waals surface area contributed by atoms with Crippen molar-refractivity contribution < 1.29 is 22.6 Å². The molecule has 5 aliphatic carbocycles. The van der Waals surface area contributed by atoms with E-state index in [1.165, 1.54) is 109 Å². The molecule has 0 spiro atoms. The molecule has 11 fully saturated rings. The van der Waals surface area contributed by atoms with E-state index in [-0.39, 0.29) is 0 Å². The lowest BCUT2D eigenvalue weighted by atomic mass is 9.46. The maximum absolute atomic E-state index is 10.6. The molecule has 0 aromatic carbocycles. The van der Waals surface area contributed by atoms with Crippen molar-refractivity contribution in [3.8, 4) is 0 Å². The highest BCUT2D eigenvalue weighted by Crippen LogP contribution is 2.63. The van der Waals surface area contributed by atoms with E-state index in [1.54, 1.807) is 19.3 Å². The topological polar surface area (TPSA) is 85.9 Å². The van der Waals surface area contributed by atoms with Crippen LogP contribution in [0.1, 0.15) is 165 Å². The number of hydrogen-bond acceptors (Lipinski definition) is 7. The molecule has 6 aliphatic heterocycles. The normalized spacial score (nSPS) is 33.0. The van der Waals surface area contributed by atoms with Crippen LogP contribution in [0.2, 0.25) is 0 Å². The van der Waals surface area contributed by atoms with E-state index in [1.807, 2.05) is 6.92 Å². The Labute approximate surface area is 343 Å². The molecule has 3 unspecified atom stereocenters. The quantitative estimate of drug-likeness (QED) is 0.252. The van der Waals surface area contributed by atoms with E-state index >= 15 is 0 Å². The van der Waals surface area contributed by atoms with Gasteiger partial charge in [0.2, 0.25) is 0 Å². The lowest BCUT2D eigenvalue weighted by molar-refractivity contribution is -0.0882. The first-order chi connectivity index (χ1) is 26.1. The molecular weight excluding hydrogens is 705 g/mol. The van der Waals surface area contributed by atoms with Crippen LogP contribution in [0.5, 0.6) is 0 Å². The Morgan fingerprint density at radius 3 is 1.07 bits per heavy atom. The molecule has 6 saturated heterocycles. The van der Waals surface area contributed by atoms with Crippen LogP contribution in [0.25, 0.3) is 0 Å². The summed E-state index contributed by atoms with van der Waals surface area (Å²) in [6.45, 7) is 31.1. The highest BCUT2D eigenvalue weighted by molar-refractivity contribution is 7.91. The Kier molecular flexibility index (Phi) is 26.9. The third-order valence-electron chi connectivity index (χ3n) is 12.7. The van der Waals surface area contributed by atoms with Crippen LogP contribution in [0.3, 0.4) is 0 Å². The van der Waals surface area contributed by atoms with E-state index in [0.717, 1.165) is 92.9 Å². The predicted octanol–water partition coefficient (Wildman–Crippen LogP) is 10.6. The fraction of sp³-hybridized carbons (Fsp3) is 1.00. The molecule has 11 rings (SSSR count). The molecule has 3 atom stereocenters. The minimum Gasteiger partial charge on any atom is -0.381 e. The van der Waals surface area contributed by atoms with E-state index in [9.17, 15) is 8.42 Å². The first kappa shape index (κ1) is 50.9. The van der Waals surface area contributed by atoms with Crippen LogP contribution in [-0.2, 0) is 24.0 Å². The van der Waals surface area contributed by atoms with Crippen LogP contribution in [-0.4, -0.2) is 85.7 Å². The summed E-state index contributed by atoms with van der Waals surface area (Å²) in [7, 11) is -2.60. The Morgan fingerprint density at radius 2 is 0.927 bits per heavy atom. The lowest BCUT2D eigenvalue weighted by Gasteiger charge is -2.60. The van der Waals surface area contributed by atoms with Gasteiger partial charge in [-0.2, -0.15) is 0 Å². The van der Waals surface area contributed by atoms with Crippen molar-refractivity contribution in [2.45, 2.75) is 165 Å². The average molecular weight is 799 g/mol. The highest BCUT2D eigenvalue weighted by Gasteiger charge is 2.52. The van der Waals surface area contributed by atoms with Crippen molar-refractivity contribution in [2.24, 2.45) is 58.7 Å². The van der Waals surface area contributed by atoms with Crippen molar-refractivity contribution in [1.29, 1.82) is 0 Å². The van der Waals surface area contributed by atoms with Crippen molar-refractivity contribution in [1.82, 2.24) is 10.6 Å². The van der Waals surface area contributed by atoms with Gasteiger partial charge in [-0.05, 0) is 143 Å². The molecule has 5 saturated carbocycles. The smallest absolute Gasteiger partial charge is 0.150 e. The van der Waals surface area contributed by atoms with Gasteiger partial charge < -0.3 is 24.8 Å². The Bertz CT molecular complexity index is 938. The van der Waals surface area contributed by atoms with Crippen LogP contribution in [0, 0.1) is 58.7 Å². The molecule has 2 bridgehead atoms. The minimum atomic E-state index is -2.60. The SMILES string of the molecule is CC12CC(C1)C2.CC1CC1.CC1CCCC1.CC1CCNC1.CC1CCNCC1.CC1CCOC1.CC1CCOCC1.CC1CCS(=O)(=O)C1.CC1COC1. The summed E-state index contributed by atoms with van der Waals surface area (Å²) in [5.74, 6) is 9.02. The summed E-state index contributed by atoms with van der Waals surface area (Å²) in [6.07, 6.45) is 22.3. The van der Waals surface area contributed by atoms with Crippen LogP contribution in [0.4, 0.5) is 0 Å².